The average molecular weight is 301 g/mol. The molecule has 1 aliphatic heterocycles. The SMILES string of the molecule is CSc1ncc(Cl)c(C(=O)N2CCCNC(=O)C2)n1. The van der Waals surface area contributed by atoms with Crippen LogP contribution in [0, 0.1) is 0 Å². The summed E-state index contributed by atoms with van der Waals surface area (Å²) in [6.45, 7) is 1.12. The van der Waals surface area contributed by atoms with Crippen LogP contribution >= 0.6 is 23.4 Å². The van der Waals surface area contributed by atoms with Gasteiger partial charge in [0.1, 0.15) is 0 Å². The molecule has 0 radical (unpaired) electrons. The Morgan fingerprint density at radius 3 is 3.11 bits per heavy atom. The predicted molar refractivity (Wildman–Crippen MR) is 72.4 cm³/mol. The quantitative estimate of drug-likeness (QED) is 0.646. The van der Waals surface area contributed by atoms with Crippen molar-refractivity contribution < 1.29 is 9.59 Å². The van der Waals surface area contributed by atoms with Gasteiger partial charge in [-0.1, -0.05) is 23.4 Å². The van der Waals surface area contributed by atoms with Gasteiger partial charge in [0.2, 0.25) is 5.91 Å². The van der Waals surface area contributed by atoms with Crippen LogP contribution in [0.15, 0.2) is 11.4 Å². The van der Waals surface area contributed by atoms with Crippen molar-refractivity contribution >= 4 is 35.2 Å². The van der Waals surface area contributed by atoms with Gasteiger partial charge in [0.25, 0.3) is 5.91 Å². The van der Waals surface area contributed by atoms with E-state index in [1.165, 1.54) is 22.9 Å². The van der Waals surface area contributed by atoms with Crippen LogP contribution in [0.1, 0.15) is 16.9 Å². The van der Waals surface area contributed by atoms with Crippen molar-refractivity contribution in [2.45, 2.75) is 11.6 Å². The molecule has 102 valence electrons. The van der Waals surface area contributed by atoms with Gasteiger partial charge in [0.15, 0.2) is 10.9 Å². The van der Waals surface area contributed by atoms with E-state index < -0.39 is 0 Å². The molecule has 0 aromatic carbocycles. The van der Waals surface area contributed by atoms with E-state index in [2.05, 4.69) is 15.3 Å². The maximum Gasteiger partial charge on any atom is 0.274 e. The van der Waals surface area contributed by atoms with Gasteiger partial charge in [-0.15, -0.1) is 0 Å². The van der Waals surface area contributed by atoms with E-state index in [9.17, 15) is 9.59 Å². The molecule has 6 nitrogen and oxygen atoms in total. The normalized spacial score (nSPS) is 15.9. The molecule has 19 heavy (non-hydrogen) atoms. The maximum atomic E-state index is 12.3. The van der Waals surface area contributed by atoms with Crippen molar-refractivity contribution in [2.24, 2.45) is 0 Å². The Kier molecular flexibility index (Phi) is 4.60. The molecule has 0 aliphatic carbocycles. The molecule has 1 N–H and O–H groups in total. The van der Waals surface area contributed by atoms with E-state index in [0.29, 0.717) is 18.2 Å². The lowest BCUT2D eigenvalue weighted by Gasteiger charge is -2.18. The smallest absolute Gasteiger partial charge is 0.274 e. The third kappa shape index (κ3) is 3.36. The van der Waals surface area contributed by atoms with Crippen LogP contribution in [-0.2, 0) is 4.79 Å². The summed E-state index contributed by atoms with van der Waals surface area (Å²) < 4.78 is 0. The molecule has 1 aromatic heterocycles. The highest BCUT2D eigenvalue weighted by atomic mass is 35.5. The van der Waals surface area contributed by atoms with Crippen LogP contribution < -0.4 is 5.32 Å². The lowest BCUT2D eigenvalue weighted by atomic mass is 10.3. The van der Waals surface area contributed by atoms with Crippen molar-refractivity contribution in [3.8, 4) is 0 Å². The van der Waals surface area contributed by atoms with Crippen LogP contribution in [0.3, 0.4) is 0 Å². The topological polar surface area (TPSA) is 75.2 Å². The summed E-state index contributed by atoms with van der Waals surface area (Å²) in [6, 6.07) is 0. The van der Waals surface area contributed by atoms with Gasteiger partial charge >= 0.3 is 0 Å². The number of halogens is 1. The molecular weight excluding hydrogens is 288 g/mol. The molecule has 2 heterocycles. The van der Waals surface area contributed by atoms with Crippen molar-refractivity contribution in [1.29, 1.82) is 0 Å². The first-order chi connectivity index (χ1) is 9.11. The number of carbonyl (C=O) groups is 2. The van der Waals surface area contributed by atoms with Crippen LogP contribution in [-0.4, -0.2) is 52.6 Å². The van der Waals surface area contributed by atoms with Crippen molar-refractivity contribution in [3.05, 3.63) is 16.9 Å². The van der Waals surface area contributed by atoms with Crippen LogP contribution in [0.5, 0.6) is 0 Å². The number of nitrogens with one attached hydrogen (secondary N) is 1. The fourth-order valence-corrected chi connectivity index (χ4v) is 2.24. The number of carbonyl (C=O) groups excluding carboxylic acids is 2. The van der Waals surface area contributed by atoms with Gasteiger partial charge in [-0.05, 0) is 12.7 Å². The van der Waals surface area contributed by atoms with E-state index in [0.717, 1.165) is 6.42 Å². The number of amides is 2. The van der Waals surface area contributed by atoms with Gasteiger partial charge < -0.3 is 10.2 Å². The Balaban J connectivity index is 2.24. The van der Waals surface area contributed by atoms with Crippen LogP contribution in [0.25, 0.3) is 0 Å². The summed E-state index contributed by atoms with van der Waals surface area (Å²) in [5, 5.41) is 3.40. The molecular formula is C11H13ClN4O2S. The second-order valence-corrected chi connectivity index (χ2v) is 5.16. The third-order valence-corrected chi connectivity index (χ3v) is 3.49. The van der Waals surface area contributed by atoms with E-state index in [1.807, 2.05) is 6.26 Å². The Morgan fingerprint density at radius 1 is 1.58 bits per heavy atom. The second-order valence-electron chi connectivity index (χ2n) is 3.98. The molecule has 0 saturated carbocycles. The largest absolute Gasteiger partial charge is 0.354 e. The summed E-state index contributed by atoms with van der Waals surface area (Å²) in [6.07, 6.45) is 3.94. The highest BCUT2D eigenvalue weighted by Gasteiger charge is 2.24. The zero-order valence-electron chi connectivity index (χ0n) is 10.4. The Hall–Kier alpha value is -1.34. The first kappa shape index (κ1) is 14.1. The minimum absolute atomic E-state index is 0.0355. The van der Waals surface area contributed by atoms with Crippen molar-refractivity contribution in [3.63, 3.8) is 0 Å². The van der Waals surface area contributed by atoms with Gasteiger partial charge in [0, 0.05) is 13.1 Å². The summed E-state index contributed by atoms with van der Waals surface area (Å²) in [5.41, 5.74) is 0.149. The first-order valence-corrected chi connectivity index (χ1v) is 7.34. The first-order valence-electron chi connectivity index (χ1n) is 5.74. The molecule has 2 rings (SSSR count). The fourth-order valence-electron chi connectivity index (χ4n) is 1.73. The molecule has 1 aromatic rings. The predicted octanol–water partition coefficient (Wildman–Crippen LogP) is 0.814. The lowest BCUT2D eigenvalue weighted by molar-refractivity contribution is -0.121. The van der Waals surface area contributed by atoms with Gasteiger partial charge in [-0.3, -0.25) is 9.59 Å². The Bertz CT molecular complexity index is 511. The van der Waals surface area contributed by atoms with Gasteiger partial charge in [-0.2, -0.15) is 0 Å². The summed E-state index contributed by atoms with van der Waals surface area (Å²) >= 11 is 7.29. The van der Waals surface area contributed by atoms with Crippen LogP contribution in [0.2, 0.25) is 5.02 Å². The lowest BCUT2D eigenvalue weighted by Crippen LogP contribution is -2.38. The minimum Gasteiger partial charge on any atom is -0.354 e. The summed E-state index contributed by atoms with van der Waals surface area (Å²) in [4.78, 5) is 33.4. The van der Waals surface area contributed by atoms with Crippen LogP contribution in [0.4, 0.5) is 0 Å². The Labute approximate surface area is 119 Å². The zero-order valence-corrected chi connectivity index (χ0v) is 11.9. The highest BCUT2D eigenvalue weighted by Crippen LogP contribution is 2.18. The molecule has 1 fully saturated rings. The molecule has 0 unspecified atom stereocenters. The summed E-state index contributed by atoms with van der Waals surface area (Å²) in [5.74, 6) is -0.499. The molecule has 1 saturated heterocycles. The minimum atomic E-state index is -0.334. The monoisotopic (exact) mass is 300 g/mol. The van der Waals surface area contributed by atoms with E-state index in [1.54, 1.807) is 0 Å². The zero-order chi connectivity index (χ0) is 13.8. The molecule has 8 heteroatoms. The van der Waals surface area contributed by atoms with Gasteiger partial charge in [0.05, 0.1) is 17.8 Å². The summed E-state index contributed by atoms with van der Waals surface area (Å²) in [7, 11) is 0. The fraction of sp³-hybridized carbons (Fsp3) is 0.455. The standard InChI is InChI=1S/C11H13ClN4O2S/c1-19-11-14-5-7(12)9(15-11)10(18)16-4-2-3-13-8(17)6-16/h5H,2-4,6H2,1H3,(H,13,17). The van der Waals surface area contributed by atoms with Crippen molar-refractivity contribution in [2.75, 3.05) is 25.9 Å². The molecule has 0 atom stereocenters. The number of nitrogens with zero attached hydrogens (tertiary/aromatic N) is 3. The Morgan fingerprint density at radius 2 is 2.37 bits per heavy atom. The maximum absolute atomic E-state index is 12.3. The number of hydrogen-bond donors (Lipinski definition) is 1. The molecule has 2 amide bonds. The highest BCUT2D eigenvalue weighted by molar-refractivity contribution is 7.98. The van der Waals surface area contributed by atoms with E-state index in [4.69, 9.17) is 11.6 Å². The number of rotatable bonds is 2. The van der Waals surface area contributed by atoms with E-state index in [-0.39, 0.29) is 29.1 Å². The van der Waals surface area contributed by atoms with Crippen molar-refractivity contribution in [1.82, 2.24) is 20.2 Å². The number of hydrogen-bond acceptors (Lipinski definition) is 5. The van der Waals surface area contributed by atoms with Gasteiger partial charge in [-0.25, -0.2) is 9.97 Å². The average Bonchev–Trinajstić information content (AvgIpc) is 2.63. The molecule has 0 spiro atoms. The molecule has 1 aliphatic rings. The number of thioether (sulfide) groups is 1. The van der Waals surface area contributed by atoms with E-state index >= 15 is 0 Å². The second kappa shape index (κ2) is 6.21. The number of aromatic nitrogens is 2. The third-order valence-electron chi connectivity index (χ3n) is 2.66. The molecule has 0 bridgehead atoms.